The molecular formula is C13H13N3O3. The molecule has 1 amide bonds. The molecule has 1 N–H and O–H groups in total. The van der Waals surface area contributed by atoms with Gasteiger partial charge >= 0.3 is 0 Å². The highest BCUT2D eigenvalue weighted by Gasteiger charge is 2.30. The van der Waals surface area contributed by atoms with Crippen LogP contribution in [0.15, 0.2) is 24.3 Å². The first-order valence-electron chi connectivity index (χ1n) is 6.07. The topological polar surface area (TPSA) is 96.0 Å². The fraction of sp³-hybridized carbons (Fsp3) is 0.385. The highest BCUT2D eigenvalue weighted by Crippen LogP contribution is 2.26. The van der Waals surface area contributed by atoms with Crippen molar-refractivity contribution < 1.29 is 9.72 Å². The summed E-state index contributed by atoms with van der Waals surface area (Å²) < 4.78 is 0. The van der Waals surface area contributed by atoms with Crippen LogP contribution in [0.5, 0.6) is 0 Å². The van der Waals surface area contributed by atoms with Crippen molar-refractivity contribution >= 4 is 11.6 Å². The van der Waals surface area contributed by atoms with Crippen molar-refractivity contribution in [2.75, 3.05) is 0 Å². The summed E-state index contributed by atoms with van der Waals surface area (Å²) in [7, 11) is 0. The second kappa shape index (κ2) is 5.48. The van der Waals surface area contributed by atoms with Gasteiger partial charge in [-0.15, -0.1) is 0 Å². The van der Waals surface area contributed by atoms with Crippen molar-refractivity contribution in [3.63, 3.8) is 0 Å². The van der Waals surface area contributed by atoms with Gasteiger partial charge in [-0.2, -0.15) is 5.26 Å². The number of para-hydroxylation sites is 1. The van der Waals surface area contributed by atoms with Crippen LogP contribution in [-0.4, -0.2) is 16.9 Å². The summed E-state index contributed by atoms with van der Waals surface area (Å²) in [5.74, 6) is -0.689. The van der Waals surface area contributed by atoms with E-state index in [4.69, 9.17) is 5.26 Å². The summed E-state index contributed by atoms with van der Waals surface area (Å²) in [4.78, 5) is 22.3. The number of amides is 1. The van der Waals surface area contributed by atoms with Gasteiger partial charge in [0.15, 0.2) is 0 Å². The van der Waals surface area contributed by atoms with Crippen LogP contribution >= 0.6 is 0 Å². The molecule has 19 heavy (non-hydrogen) atoms. The third-order valence-electron chi connectivity index (χ3n) is 3.34. The Hall–Kier alpha value is -2.42. The van der Waals surface area contributed by atoms with Crippen LogP contribution < -0.4 is 5.32 Å². The number of nitrogens with zero attached hydrogens (tertiary/aromatic N) is 2. The molecule has 1 aliphatic carbocycles. The molecule has 1 fully saturated rings. The van der Waals surface area contributed by atoms with E-state index >= 15 is 0 Å². The molecular weight excluding hydrogens is 246 g/mol. The van der Waals surface area contributed by atoms with Gasteiger partial charge < -0.3 is 5.32 Å². The second-order valence-electron chi connectivity index (χ2n) is 4.52. The molecule has 0 saturated heterocycles. The maximum absolute atomic E-state index is 12.1. The minimum Gasteiger partial charge on any atom is -0.348 e. The van der Waals surface area contributed by atoms with E-state index in [0.717, 1.165) is 19.3 Å². The highest BCUT2D eigenvalue weighted by molar-refractivity contribution is 5.98. The molecule has 2 unspecified atom stereocenters. The third-order valence-corrected chi connectivity index (χ3v) is 3.34. The van der Waals surface area contributed by atoms with Gasteiger partial charge in [0.1, 0.15) is 5.56 Å². The van der Waals surface area contributed by atoms with Crippen molar-refractivity contribution in [1.82, 2.24) is 5.32 Å². The number of carbonyl (C=O) groups is 1. The van der Waals surface area contributed by atoms with Gasteiger partial charge in [0, 0.05) is 12.1 Å². The van der Waals surface area contributed by atoms with Crippen LogP contribution in [0.25, 0.3) is 0 Å². The summed E-state index contributed by atoms with van der Waals surface area (Å²) in [6.45, 7) is 0. The van der Waals surface area contributed by atoms with Crippen molar-refractivity contribution in [2.45, 2.75) is 25.3 Å². The molecule has 6 nitrogen and oxygen atoms in total. The SMILES string of the molecule is N#CC1CCCC1NC(=O)c1ccccc1[N+](=O)[O-]. The normalized spacial score (nSPS) is 21.6. The van der Waals surface area contributed by atoms with E-state index < -0.39 is 10.8 Å². The van der Waals surface area contributed by atoms with E-state index in [9.17, 15) is 14.9 Å². The fourth-order valence-electron chi connectivity index (χ4n) is 2.36. The number of carbonyl (C=O) groups excluding carboxylic acids is 1. The van der Waals surface area contributed by atoms with Crippen molar-refractivity contribution in [3.8, 4) is 6.07 Å². The molecule has 1 saturated carbocycles. The molecule has 2 rings (SSSR count). The largest absolute Gasteiger partial charge is 0.348 e. The summed E-state index contributed by atoms with van der Waals surface area (Å²) in [6.07, 6.45) is 2.39. The van der Waals surface area contributed by atoms with Crippen molar-refractivity contribution in [1.29, 1.82) is 5.26 Å². The molecule has 0 spiro atoms. The molecule has 1 aromatic carbocycles. The molecule has 0 radical (unpaired) electrons. The van der Waals surface area contributed by atoms with Crippen LogP contribution in [0, 0.1) is 27.4 Å². The number of nitro groups is 1. The molecule has 98 valence electrons. The van der Waals surface area contributed by atoms with E-state index in [1.54, 1.807) is 6.07 Å². The number of hydrogen-bond acceptors (Lipinski definition) is 4. The smallest absolute Gasteiger partial charge is 0.282 e. The Labute approximate surface area is 110 Å². The van der Waals surface area contributed by atoms with Crippen LogP contribution in [0.1, 0.15) is 29.6 Å². The molecule has 2 atom stereocenters. The Kier molecular flexibility index (Phi) is 3.76. The molecule has 0 aliphatic heterocycles. The predicted octanol–water partition coefficient (Wildman–Crippen LogP) is 2.02. The maximum Gasteiger partial charge on any atom is 0.282 e. The number of hydrogen-bond donors (Lipinski definition) is 1. The molecule has 1 aliphatic rings. The lowest BCUT2D eigenvalue weighted by molar-refractivity contribution is -0.385. The second-order valence-corrected chi connectivity index (χ2v) is 4.52. The van der Waals surface area contributed by atoms with Crippen LogP contribution in [0.3, 0.4) is 0 Å². The zero-order chi connectivity index (χ0) is 13.8. The maximum atomic E-state index is 12.1. The number of rotatable bonds is 3. The molecule has 0 aromatic heterocycles. The molecule has 6 heteroatoms. The van der Waals surface area contributed by atoms with Crippen LogP contribution in [0.2, 0.25) is 0 Å². The first kappa shape index (κ1) is 13.0. The van der Waals surface area contributed by atoms with Gasteiger partial charge in [0.05, 0.1) is 16.9 Å². The minimum atomic E-state index is -0.578. The van der Waals surface area contributed by atoms with Crippen LogP contribution in [0.4, 0.5) is 5.69 Å². The molecule has 1 aromatic rings. The Morgan fingerprint density at radius 2 is 2.16 bits per heavy atom. The summed E-state index contributed by atoms with van der Waals surface area (Å²) in [6, 6.07) is 7.76. The van der Waals surface area contributed by atoms with Gasteiger partial charge in [-0.25, -0.2) is 0 Å². The van der Waals surface area contributed by atoms with Crippen molar-refractivity contribution in [3.05, 3.63) is 39.9 Å². The summed E-state index contributed by atoms with van der Waals surface area (Å²) in [5.41, 5.74) is -0.178. The number of benzene rings is 1. The number of nitrogens with one attached hydrogen (secondary N) is 1. The van der Waals surface area contributed by atoms with E-state index in [1.807, 2.05) is 0 Å². The van der Waals surface area contributed by atoms with E-state index in [2.05, 4.69) is 11.4 Å². The molecule has 0 heterocycles. The number of nitro benzene ring substituents is 1. The van der Waals surface area contributed by atoms with Gasteiger partial charge in [-0.1, -0.05) is 12.1 Å². The Morgan fingerprint density at radius 1 is 1.42 bits per heavy atom. The Bertz CT molecular complexity index is 550. The summed E-state index contributed by atoms with van der Waals surface area (Å²) >= 11 is 0. The Balaban J connectivity index is 2.17. The fourth-order valence-corrected chi connectivity index (χ4v) is 2.36. The first-order valence-corrected chi connectivity index (χ1v) is 6.07. The molecule has 0 bridgehead atoms. The zero-order valence-corrected chi connectivity index (χ0v) is 10.2. The third kappa shape index (κ3) is 2.71. The van der Waals surface area contributed by atoms with E-state index in [-0.39, 0.29) is 23.2 Å². The minimum absolute atomic E-state index is 0.0380. The van der Waals surface area contributed by atoms with Crippen molar-refractivity contribution in [2.24, 2.45) is 5.92 Å². The number of nitriles is 1. The average Bonchev–Trinajstić information content (AvgIpc) is 2.85. The van der Waals surface area contributed by atoms with E-state index in [0.29, 0.717) is 0 Å². The Morgan fingerprint density at radius 3 is 2.84 bits per heavy atom. The lowest BCUT2D eigenvalue weighted by Gasteiger charge is -2.15. The zero-order valence-electron chi connectivity index (χ0n) is 10.2. The highest BCUT2D eigenvalue weighted by atomic mass is 16.6. The van der Waals surface area contributed by atoms with E-state index in [1.165, 1.54) is 18.2 Å². The van der Waals surface area contributed by atoms with Gasteiger partial charge in [-0.3, -0.25) is 14.9 Å². The lowest BCUT2D eigenvalue weighted by Crippen LogP contribution is -2.37. The lowest BCUT2D eigenvalue weighted by atomic mass is 10.0. The van der Waals surface area contributed by atoms with Gasteiger partial charge in [-0.05, 0) is 25.3 Å². The van der Waals surface area contributed by atoms with Gasteiger partial charge in [0.2, 0.25) is 0 Å². The standard InChI is InChI=1S/C13H13N3O3/c14-8-9-4-3-6-11(9)15-13(17)10-5-1-2-7-12(10)16(18)19/h1-2,5,7,9,11H,3-4,6H2,(H,15,17). The first-order chi connectivity index (χ1) is 9.13. The predicted molar refractivity (Wildman–Crippen MR) is 67.3 cm³/mol. The monoisotopic (exact) mass is 259 g/mol. The van der Waals surface area contributed by atoms with Gasteiger partial charge in [0.25, 0.3) is 11.6 Å². The quantitative estimate of drug-likeness (QED) is 0.663. The van der Waals surface area contributed by atoms with Crippen LogP contribution in [-0.2, 0) is 0 Å². The summed E-state index contributed by atoms with van der Waals surface area (Å²) in [5, 5.41) is 22.5. The average molecular weight is 259 g/mol.